The Balaban J connectivity index is 1.97. The first-order valence-electron chi connectivity index (χ1n) is 9.07. The molecule has 2 heterocycles. The maximum atomic E-state index is 13.2. The summed E-state index contributed by atoms with van der Waals surface area (Å²) in [5.41, 5.74) is 1.56. The Labute approximate surface area is 161 Å². The predicted molar refractivity (Wildman–Crippen MR) is 104 cm³/mol. The second kappa shape index (κ2) is 6.71. The molecule has 0 saturated heterocycles. The highest BCUT2D eigenvalue weighted by Crippen LogP contribution is 2.45. The van der Waals surface area contributed by atoms with E-state index in [-0.39, 0.29) is 52.1 Å². The van der Waals surface area contributed by atoms with Crippen LogP contribution in [0.1, 0.15) is 31.7 Å². The molecule has 2 aromatic carbocycles. The van der Waals surface area contributed by atoms with Crippen LogP contribution in [0.3, 0.4) is 0 Å². The maximum absolute atomic E-state index is 13.2. The highest BCUT2D eigenvalue weighted by molar-refractivity contribution is 5.93. The van der Waals surface area contributed by atoms with Crippen LogP contribution in [0.2, 0.25) is 0 Å². The van der Waals surface area contributed by atoms with Crippen LogP contribution < -0.4 is 14.9 Å². The summed E-state index contributed by atoms with van der Waals surface area (Å²) in [6.45, 7) is 3.99. The lowest BCUT2D eigenvalue weighted by atomic mass is 9.82. The van der Waals surface area contributed by atoms with Crippen LogP contribution in [0.15, 0.2) is 45.8 Å². The summed E-state index contributed by atoms with van der Waals surface area (Å²) >= 11 is 0. The minimum Gasteiger partial charge on any atom is -0.507 e. The van der Waals surface area contributed by atoms with Crippen LogP contribution >= 0.6 is 0 Å². The molecular formula is C22H20O6. The summed E-state index contributed by atoms with van der Waals surface area (Å²) in [5, 5.41) is 10.6. The Morgan fingerprint density at radius 3 is 2.54 bits per heavy atom. The number of rotatable bonds is 3. The lowest BCUT2D eigenvalue weighted by molar-refractivity contribution is -0.136. The zero-order valence-corrected chi connectivity index (χ0v) is 15.8. The van der Waals surface area contributed by atoms with Gasteiger partial charge in [-0.15, -0.1) is 0 Å². The Bertz CT molecular complexity index is 1120. The van der Waals surface area contributed by atoms with Gasteiger partial charge in [0.25, 0.3) is 0 Å². The molecule has 6 heteroatoms. The summed E-state index contributed by atoms with van der Waals surface area (Å²) in [4.78, 5) is 25.1. The predicted octanol–water partition coefficient (Wildman–Crippen LogP) is 4.22. The fraction of sp³-hybridized carbons (Fsp3) is 0.273. The lowest BCUT2D eigenvalue weighted by Crippen LogP contribution is -2.24. The third kappa shape index (κ3) is 2.81. The van der Waals surface area contributed by atoms with Gasteiger partial charge in [0.05, 0.1) is 19.1 Å². The molecule has 1 aliphatic heterocycles. The van der Waals surface area contributed by atoms with Gasteiger partial charge in [-0.05, 0) is 23.6 Å². The zero-order chi connectivity index (χ0) is 20.0. The van der Waals surface area contributed by atoms with E-state index in [0.717, 1.165) is 0 Å². The molecule has 1 N–H and O–H groups in total. The number of hydrogen-bond acceptors (Lipinski definition) is 6. The number of methoxy groups -OCH3 is 1. The monoisotopic (exact) mass is 380 g/mol. The summed E-state index contributed by atoms with van der Waals surface area (Å²) in [6, 6.07) is 8.34. The first-order chi connectivity index (χ1) is 13.4. The zero-order valence-electron chi connectivity index (χ0n) is 15.8. The van der Waals surface area contributed by atoms with Crippen LogP contribution in [0.4, 0.5) is 0 Å². The molecule has 0 saturated carbocycles. The van der Waals surface area contributed by atoms with Gasteiger partial charge in [-0.2, -0.15) is 0 Å². The van der Waals surface area contributed by atoms with Gasteiger partial charge >= 0.3 is 5.97 Å². The quantitative estimate of drug-likeness (QED) is 0.541. The average molecular weight is 380 g/mol. The SMILES string of the molecule is COc1ccc(-c2coc3c4c(cc(O)c3c2=O)OC(=O)CC4C(C)C)cc1. The number of phenolic OH excluding ortho intramolecular Hbond substituents is 1. The molecule has 0 fully saturated rings. The van der Waals surface area contributed by atoms with Crippen LogP contribution in [-0.2, 0) is 4.79 Å². The first-order valence-corrected chi connectivity index (χ1v) is 9.07. The standard InChI is InChI=1S/C22H20O6/c1-11(2)14-8-18(24)28-17-9-16(23)20-21(25)15(10-27-22(20)19(14)17)12-4-6-13(26-3)7-5-12/h4-7,9-11,14,23H,8H2,1-3H3. The largest absolute Gasteiger partial charge is 0.507 e. The number of hydrogen-bond donors (Lipinski definition) is 1. The summed E-state index contributed by atoms with van der Waals surface area (Å²) in [7, 11) is 1.57. The molecule has 28 heavy (non-hydrogen) atoms. The van der Waals surface area contributed by atoms with Crippen molar-refractivity contribution in [3.05, 3.63) is 52.4 Å². The number of carbonyl (C=O) groups is 1. The Morgan fingerprint density at radius 2 is 1.89 bits per heavy atom. The van der Waals surface area contributed by atoms with E-state index in [2.05, 4.69) is 0 Å². The molecular weight excluding hydrogens is 360 g/mol. The van der Waals surface area contributed by atoms with E-state index in [1.807, 2.05) is 13.8 Å². The molecule has 1 atom stereocenters. The number of carbonyl (C=O) groups excluding carboxylic acids is 1. The van der Waals surface area contributed by atoms with Crippen molar-refractivity contribution in [3.8, 4) is 28.4 Å². The first kappa shape index (κ1) is 18.1. The van der Waals surface area contributed by atoms with Gasteiger partial charge in [-0.1, -0.05) is 26.0 Å². The van der Waals surface area contributed by atoms with Gasteiger partial charge in [-0.25, -0.2) is 0 Å². The van der Waals surface area contributed by atoms with E-state index in [0.29, 0.717) is 22.4 Å². The molecule has 1 aromatic heterocycles. The van der Waals surface area contributed by atoms with Crippen molar-refractivity contribution in [1.29, 1.82) is 0 Å². The summed E-state index contributed by atoms with van der Waals surface area (Å²) < 4.78 is 16.3. The maximum Gasteiger partial charge on any atom is 0.311 e. The van der Waals surface area contributed by atoms with Crippen LogP contribution in [-0.4, -0.2) is 18.2 Å². The normalized spacial score (nSPS) is 16.1. The smallest absolute Gasteiger partial charge is 0.311 e. The summed E-state index contributed by atoms with van der Waals surface area (Å²) in [5.74, 6) is 0.269. The van der Waals surface area contributed by atoms with E-state index in [1.165, 1.54) is 12.3 Å². The van der Waals surface area contributed by atoms with E-state index < -0.39 is 0 Å². The highest BCUT2D eigenvalue weighted by atomic mass is 16.5. The van der Waals surface area contributed by atoms with E-state index in [1.54, 1.807) is 31.4 Å². The number of phenols is 1. The van der Waals surface area contributed by atoms with E-state index in [4.69, 9.17) is 13.9 Å². The van der Waals surface area contributed by atoms with Gasteiger partial charge in [0.1, 0.15) is 34.5 Å². The van der Waals surface area contributed by atoms with Crippen LogP contribution in [0, 0.1) is 5.92 Å². The van der Waals surface area contributed by atoms with E-state index in [9.17, 15) is 14.7 Å². The molecule has 4 rings (SSSR count). The van der Waals surface area contributed by atoms with Crippen molar-refractivity contribution in [2.24, 2.45) is 5.92 Å². The fourth-order valence-corrected chi connectivity index (χ4v) is 3.71. The average Bonchev–Trinajstić information content (AvgIpc) is 2.67. The number of ether oxygens (including phenoxy) is 2. The topological polar surface area (TPSA) is 86.0 Å². The van der Waals surface area contributed by atoms with Gasteiger partial charge in [0, 0.05) is 17.5 Å². The van der Waals surface area contributed by atoms with Gasteiger partial charge < -0.3 is 19.0 Å². The number of aromatic hydroxyl groups is 1. The second-order valence-electron chi connectivity index (χ2n) is 7.25. The molecule has 3 aromatic rings. The van der Waals surface area contributed by atoms with Gasteiger partial charge in [0.2, 0.25) is 5.43 Å². The Hall–Kier alpha value is -3.28. The van der Waals surface area contributed by atoms with Crippen molar-refractivity contribution in [1.82, 2.24) is 0 Å². The second-order valence-corrected chi connectivity index (χ2v) is 7.25. The minimum absolute atomic E-state index is 0.0932. The minimum atomic E-state index is -0.359. The Kier molecular flexibility index (Phi) is 4.34. The molecule has 1 unspecified atom stereocenters. The lowest BCUT2D eigenvalue weighted by Gasteiger charge is -2.28. The molecule has 1 aliphatic rings. The Morgan fingerprint density at radius 1 is 1.18 bits per heavy atom. The van der Waals surface area contributed by atoms with Crippen molar-refractivity contribution < 1.29 is 23.8 Å². The third-order valence-corrected chi connectivity index (χ3v) is 5.21. The number of fused-ring (bicyclic) bond motifs is 3. The van der Waals surface area contributed by atoms with Crippen LogP contribution in [0.25, 0.3) is 22.1 Å². The molecule has 0 aliphatic carbocycles. The molecule has 0 radical (unpaired) electrons. The van der Waals surface area contributed by atoms with E-state index >= 15 is 0 Å². The molecule has 0 amide bonds. The fourth-order valence-electron chi connectivity index (χ4n) is 3.71. The molecule has 144 valence electrons. The molecule has 0 spiro atoms. The van der Waals surface area contributed by atoms with Crippen molar-refractivity contribution in [2.45, 2.75) is 26.2 Å². The van der Waals surface area contributed by atoms with Crippen LogP contribution in [0.5, 0.6) is 17.2 Å². The third-order valence-electron chi connectivity index (χ3n) is 5.21. The van der Waals surface area contributed by atoms with Crippen molar-refractivity contribution >= 4 is 16.9 Å². The molecule has 0 bridgehead atoms. The van der Waals surface area contributed by atoms with Gasteiger partial charge in [-0.3, -0.25) is 9.59 Å². The number of esters is 1. The number of benzene rings is 2. The molecule has 6 nitrogen and oxygen atoms in total. The van der Waals surface area contributed by atoms with Crippen molar-refractivity contribution in [3.63, 3.8) is 0 Å². The van der Waals surface area contributed by atoms with Gasteiger partial charge in [0.15, 0.2) is 0 Å². The highest BCUT2D eigenvalue weighted by Gasteiger charge is 2.34. The summed E-state index contributed by atoms with van der Waals surface area (Å²) in [6.07, 6.45) is 1.59. The van der Waals surface area contributed by atoms with Crippen molar-refractivity contribution in [2.75, 3.05) is 7.11 Å².